The number of nitrogens with zero attached hydrogens (tertiary/aromatic N) is 1. The molecule has 0 atom stereocenters. The van der Waals surface area contributed by atoms with Gasteiger partial charge < -0.3 is 25.6 Å². The van der Waals surface area contributed by atoms with E-state index in [1.165, 1.54) is 54.3 Å². The third kappa shape index (κ3) is 5.73. The van der Waals surface area contributed by atoms with Crippen LogP contribution in [0.15, 0.2) is 36.4 Å². The van der Waals surface area contributed by atoms with Gasteiger partial charge in [0.05, 0.1) is 5.52 Å². The number of carbonyl (C=O) groups is 1. The Morgan fingerprint density at radius 2 is 1.77 bits per heavy atom. The summed E-state index contributed by atoms with van der Waals surface area (Å²) in [6.45, 7) is 5.29. The minimum atomic E-state index is -0.250. The van der Waals surface area contributed by atoms with Crippen molar-refractivity contribution in [2.45, 2.75) is 58.3 Å². The van der Waals surface area contributed by atoms with E-state index in [4.69, 9.17) is 25.8 Å². The maximum Gasteiger partial charge on any atom is 0.290 e. The number of benzene rings is 2. The van der Waals surface area contributed by atoms with E-state index in [9.17, 15) is 4.39 Å². The van der Waals surface area contributed by atoms with Gasteiger partial charge in [-0.3, -0.25) is 4.79 Å². The van der Waals surface area contributed by atoms with Crippen molar-refractivity contribution in [1.29, 1.82) is 5.41 Å². The summed E-state index contributed by atoms with van der Waals surface area (Å²) in [6, 6.07) is 10.8. The number of carboxylic acid groups (broad SMARTS) is 1. The molecular weight excluding hydrogens is 445 g/mol. The number of rotatable bonds is 5. The Kier molecular flexibility index (Phi) is 9.43. The Hall–Kier alpha value is -3.19. The maximum atomic E-state index is 13.7. The van der Waals surface area contributed by atoms with Gasteiger partial charge in [0.2, 0.25) is 0 Å². The molecule has 0 bridgehead atoms. The standard InChI is InChI=1S/C25H28FN3O.C2H6.CH2O2/c26-19-4-6-20(7-5-19)29-24-13-18(15-27)23(28)14-21(24)22(12-16-2-1-3-16)25(29)17-8-10-30-11-9-17;1-2;2-1-3/h4-7,13-17,27H,1-3,8-12,28H2;1-2H3;1H,(H,2,3). The molecule has 4 N–H and O–H groups in total. The molecule has 2 heterocycles. The summed E-state index contributed by atoms with van der Waals surface area (Å²) >= 11 is 0. The third-order valence-electron chi connectivity index (χ3n) is 6.88. The number of nitrogens with two attached hydrogens (primary N) is 1. The second-order valence-corrected chi connectivity index (χ2v) is 8.81. The van der Waals surface area contributed by atoms with Crippen LogP contribution in [-0.2, 0) is 16.0 Å². The van der Waals surface area contributed by atoms with Gasteiger partial charge >= 0.3 is 0 Å². The van der Waals surface area contributed by atoms with Gasteiger partial charge in [-0.15, -0.1) is 0 Å². The summed E-state index contributed by atoms with van der Waals surface area (Å²) in [6.07, 6.45) is 8.23. The lowest BCUT2D eigenvalue weighted by molar-refractivity contribution is -0.122. The van der Waals surface area contributed by atoms with Crippen LogP contribution >= 0.6 is 0 Å². The number of aromatic nitrogens is 1. The molecule has 35 heavy (non-hydrogen) atoms. The molecule has 6 nitrogen and oxygen atoms in total. The predicted octanol–water partition coefficient (Wildman–Crippen LogP) is 6.31. The second kappa shape index (κ2) is 12.5. The monoisotopic (exact) mass is 481 g/mol. The molecule has 7 heteroatoms. The number of nitrogens with one attached hydrogen (secondary N) is 1. The van der Waals surface area contributed by atoms with Gasteiger partial charge in [-0.2, -0.15) is 0 Å². The van der Waals surface area contributed by atoms with Gasteiger partial charge in [0.25, 0.3) is 6.47 Å². The van der Waals surface area contributed by atoms with Crippen LogP contribution in [0.3, 0.4) is 0 Å². The molecule has 5 rings (SSSR count). The first-order chi connectivity index (χ1) is 17.1. The normalized spacial score (nSPS) is 15.9. The lowest BCUT2D eigenvalue weighted by Crippen LogP contribution is -2.20. The van der Waals surface area contributed by atoms with E-state index < -0.39 is 0 Å². The van der Waals surface area contributed by atoms with Crippen LogP contribution in [0.4, 0.5) is 10.1 Å². The molecule has 1 saturated heterocycles. The van der Waals surface area contributed by atoms with Crippen molar-refractivity contribution >= 4 is 29.3 Å². The molecule has 1 saturated carbocycles. The van der Waals surface area contributed by atoms with Crippen molar-refractivity contribution in [1.82, 2.24) is 4.57 Å². The number of fused-ring (bicyclic) bond motifs is 1. The fourth-order valence-electron chi connectivity index (χ4n) is 5.04. The Bertz CT molecular complexity index is 1130. The van der Waals surface area contributed by atoms with Crippen molar-refractivity contribution < 1.29 is 19.0 Å². The topological polar surface area (TPSA) is 101 Å². The highest BCUT2D eigenvalue weighted by Gasteiger charge is 2.30. The number of ether oxygens (including phenoxy) is 1. The Labute approximate surface area is 206 Å². The minimum absolute atomic E-state index is 0.234. The SMILES string of the molecule is CC.N=Cc1cc2c(cc1N)c(CC1CCC1)c(C1CCOCC1)n2-c1ccc(F)cc1.O=CO. The van der Waals surface area contributed by atoms with Gasteiger partial charge in [0, 0.05) is 53.4 Å². The molecule has 0 spiro atoms. The molecule has 3 aromatic rings. The first-order valence-electron chi connectivity index (χ1n) is 12.5. The van der Waals surface area contributed by atoms with Crippen molar-refractivity contribution in [3.63, 3.8) is 0 Å². The molecule has 2 aromatic carbocycles. The predicted molar refractivity (Wildman–Crippen MR) is 139 cm³/mol. The third-order valence-corrected chi connectivity index (χ3v) is 6.88. The van der Waals surface area contributed by atoms with Gasteiger partial charge in [-0.25, -0.2) is 4.39 Å². The van der Waals surface area contributed by atoms with Gasteiger partial charge in [-0.05, 0) is 67.1 Å². The summed E-state index contributed by atoms with van der Waals surface area (Å²) in [7, 11) is 0. The van der Waals surface area contributed by atoms with Crippen LogP contribution < -0.4 is 5.73 Å². The zero-order chi connectivity index (χ0) is 25.4. The van der Waals surface area contributed by atoms with Crippen molar-refractivity contribution in [2.24, 2.45) is 5.92 Å². The van der Waals surface area contributed by atoms with Gasteiger partial charge in [-0.1, -0.05) is 33.1 Å². The summed E-state index contributed by atoms with van der Waals surface area (Å²) in [5.41, 5.74) is 12.4. The Morgan fingerprint density at radius 3 is 2.31 bits per heavy atom. The van der Waals surface area contributed by atoms with E-state index >= 15 is 0 Å². The maximum absolute atomic E-state index is 13.7. The number of hydrogen-bond donors (Lipinski definition) is 3. The smallest absolute Gasteiger partial charge is 0.290 e. The average molecular weight is 482 g/mol. The van der Waals surface area contributed by atoms with Crippen molar-refractivity contribution in [3.8, 4) is 5.69 Å². The number of hydrogen-bond acceptors (Lipinski definition) is 4. The second-order valence-electron chi connectivity index (χ2n) is 8.81. The van der Waals surface area contributed by atoms with Crippen molar-refractivity contribution in [3.05, 3.63) is 59.0 Å². The highest BCUT2D eigenvalue weighted by molar-refractivity contribution is 5.97. The molecule has 1 aromatic heterocycles. The molecule has 0 radical (unpaired) electrons. The summed E-state index contributed by atoms with van der Waals surface area (Å²) in [5, 5.41) is 15.9. The van der Waals surface area contributed by atoms with Crippen LogP contribution in [0.5, 0.6) is 0 Å². The molecule has 0 unspecified atom stereocenters. The quantitative estimate of drug-likeness (QED) is 0.226. The molecule has 2 aliphatic rings. The van der Waals surface area contributed by atoms with E-state index in [-0.39, 0.29) is 12.3 Å². The Balaban J connectivity index is 0.000000638. The molecule has 1 aliphatic carbocycles. The van der Waals surface area contributed by atoms with E-state index in [1.54, 1.807) is 0 Å². The summed E-state index contributed by atoms with van der Waals surface area (Å²) in [5.74, 6) is 0.886. The molecule has 0 amide bonds. The molecule has 1 aliphatic heterocycles. The number of nitrogen functional groups attached to an aromatic ring is 1. The fourth-order valence-corrected chi connectivity index (χ4v) is 5.04. The van der Waals surface area contributed by atoms with Crippen LogP contribution in [0, 0.1) is 17.1 Å². The van der Waals surface area contributed by atoms with E-state index in [0.717, 1.165) is 55.2 Å². The molecule has 188 valence electrons. The first kappa shape index (κ1) is 26.4. The van der Waals surface area contributed by atoms with Crippen molar-refractivity contribution in [2.75, 3.05) is 18.9 Å². The van der Waals surface area contributed by atoms with Crippen LogP contribution in [-0.4, -0.2) is 35.6 Å². The molecule has 2 fully saturated rings. The number of anilines is 1. The largest absolute Gasteiger partial charge is 0.483 e. The minimum Gasteiger partial charge on any atom is -0.483 e. The van der Waals surface area contributed by atoms with E-state index in [0.29, 0.717) is 11.6 Å². The number of halogens is 1. The zero-order valence-corrected chi connectivity index (χ0v) is 20.6. The highest BCUT2D eigenvalue weighted by Crippen LogP contribution is 2.42. The fraction of sp³-hybridized carbons (Fsp3) is 0.429. The lowest BCUT2D eigenvalue weighted by atomic mass is 9.79. The van der Waals surface area contributed by atoms with Crippen LogP contribution in [0.1, 0.15) is 68.7 Å². The van der Waals surface area contributed by atoms with E-state index in [2.05, 4.69) is 4.57 Å². The summed E-state index contributed by atoms with van der Waals surface area (Å²) < 4.78 is 21.7. The zero-order valence-electron chi connectivity index (χ0n) is 20.6. The van der Waals surface area contributed by atoms with E-state index in [1.807, 2.05) is 38.1 Å². The first-order valence-corrected chi connectivity index (χ1v) is 12.5. The van der Waals surface area contributed by atoms with Crippen LogP contribution in [0.2, 0.25) is 0 Å². The van der Waals surface area contributed by atoms with Gasteiger partial charge in [0.15, 0.2) is 0 Å². The highest BCUT2D eigenvalue weighted by atomic mass is 19.1. The summed E-state index contributed by atoms with van der Waals surface area (Å²) in [4.78, 5) is 8.36. The average Bonchev–Trinajstić information content (AvgIpc) is 3.16. The lowest BCUT2D eigenvalue weighted by Gasteiger charge is -2.29. The Morgan fingerprint density at radius 1 is 1.14 bits per heavy atom. The van der Waals surface area contributed by atoms with Gasteiger partial charge in [0.1, 0.15) is 5.82 Å². The molecular formula is C28H36FN3O3. The van der Waals surface area contributed by atoms with Crippen LogP contribution in [0.25, 0.3) is 16.6 Å².